The van der Waals surface area contributed by atoms with Crippen LogP contribution < -0.4 is 27.6 Å². The van der Waals surface area contributed by atoms with E-state index in [-0.39, 0.29) is 40.6 Å². The Kier molecular flexibility index (Phi) is 6.05. The highest BCUT2D eigenvalue weighted by Crippen LogP contribution is 2.38. The molecule has 13 nitrogen and oxygen atoms in total. The Balaban J connectivity index is 2.14. The zero-order valence-corrected chi connectivity index (χ0v) is 19.7. The molecule has 4 rings (SSSR count). The van der Waals surface area contributed by atoms with E-state index < -0.39 is 40.9 Å². The molecule has 2 aromatic carbocycles. The van der Waals surface area contributed by atoms with Crippen molar-refractivity contribution in [3.63, 3.8) is 0 Å². The van der Waals surface area contributed by atoms with Gasteiger partial charge in [-0.25, -0.2) is 37.6 Å². The number of hydrogen-bond donors (Lipinski definition) is 6. The van der Waals surface area contributed by atoms with Gasteiger partial charge in [0.25, 0.3) is 0 Å². The number of sulfonamides is 1. The molecular weight excluding hydrogens is 506 g/mol. The molecule has 0 aliphatic carbocycles. The predicted molar refractivity (Wildman–Crippen MR) is 125 cm³/mol. The first-order valence-corrected chi connectivity index (χ1v) is 13.4. The first-order valence-electron chi connectivity index (χ1n) is 9.53. The summed E-state index contributed by atoms with van der Waals surface area (Å²) in [5.41, 5.74) is 2.58. The highest BCUT2D eigenvalue weighted by atomic mass is 32.2. The van der Waals surface area contributed by atoms with Gasteiger partial charge in [0, 0.05) is 24.2 Å². The van der Waals surface area contributed by atoms with Gasteiger partial charge in [0.15, 0.2) is 15.7 Å². The van der Waals surface area contributed by atoms with Crippen LogP contribution in [0, 0.1) is 0 Å². The van der Waals surface area contributed by atoms with Gasteiger partial charge < -0.3 is 21.7 Å². The summed E-state index contributed by atoms with van der Waals surface area (Å²) in [6.45, 7) is 0.291. The van der Waals surface area contributed by atoms with Gasteiger partial charge in [0.05, 0.1) is 20.4 Å². The second kappa shape index (κ2) is 8.57. The van der Waals surface area contributed by atoms with E-state index >= 15 is 0 Å². The summed E-state index contributed by atoms with van der Waals surface area (Å²) in [5, 5.41) is 20.1. The van der Waals surface area contributed by atoms with Crippen LogP contribution in [-0.2, 0) is 19.9 Å². The Bertz CT molecular complexity index is 1560. The topological polar surface area (TPSA) is 233 Å². The highest BCUT2D eigenvalue weighted by Gasteiger charge is 2.38. The lowest BCUT2D eigenvalue weighted by Crippen LogP contribution is -2.51. The number of hydrazone groups is 1. The molecule has 0 unspecified atom stereocenters. The summed E-state index contributed by atoms with van der Waals surface area (Å²) in [5.74, 6) is 9.40. The van der Waals surface area contributed by atoms with Crippen molar-refractivity contribution in [3.05, 3.63) is 40.9 Å². The summed E-state index contributed by atoms with van der Waals surface area (Å²) in [6, 6.07) is 7.32. The molecule has 2 heterocycles. The molecule has 0 bridgehead atoms. The molecule has 0 atom stereocenters. The smallest absolute Gasteiger partial charge is 0.365 e. The number of nitrogens with one attached hydrogen (secondary N) is 2. The first kappa shape index (κ1) is 24.0. The van der Waals surface area contributed by atoms with E-state index in [0.717, 1.165) is 17.4 Å². The Morgan fingerprint density at radius 1 is 1.18 bits per heavy atom. The number of aromatic nitrogens is 1. The van der Waals surface area contributed by atoms with Crippen molar-refractivity contribution in [1.29, 1.82) is 0 Å². The average Bonchev–Trinajstić information content (AvgIpc) is 3.17. The summed E-state index contributed by atoms with van der Waals surface area (Å²) < 4.78 is 52.5. The van der Waals surface area contributed by atoms with Crippen molar-refractivity contribution in [2.45, 2.75) is 15.0 Å². The fourth-order valence-electron chi connectivity index (χ4n) is 3.62. The van der Waals surface area contributed by atoms with Crippen LogP contribution in [0.4, 0.5) is 0 Å². The third kappa shape index (κ3) is 3.89. The molecule has 180 valence electrons. The van der Waals surface area contributed by atoms with Crippen LogP contribution >= 0.6 is 11.3 Å². The molecule has 1 fully saturated rings. The van der Waals surface area contributed by atoms with Crippen LogP contribution in [0.3, 0.4) is 0 Å². The number of nitrogens with two attached hydrogens (primary N) is 3. The molecule has 0 radical (unpaired) electrons. The lowest BCUT2D eigenvalue weighted by atomic mass is 9.98. The Morgan fingerprint density at radius 3 is 2.41 bits per heavy atom. The Labute approximate surface area is 197 Å². The first-order chi connectivity index (χ1) is 16.0. The van der Waals surface area contributed by atoms with Crippen molar-refractivity contribution in [3.8, 4) is 11.1 Å². The van der Waals surface area contributed by atoms with Gasteiger partial charge in [-0.05, 0) is 17.7 Å². The number of primary sulfonamides is 1. The maximum absolute atomic E-state index is 13.2. The van der Waals surface area contributed by atoms with Gasteiger partial charge in [0.2, 0.25) is 15.0 Å². The summed E-state index contributed by atoms with van der Waals surface area (Å²) in [6.07, 6.45) is 0. The Hall–Kier alpha value is -3.15. The molecular formula is C18H19N7O6S3. The van der Waals surface area contributed by atoms with Crippen molar-refractivity contribution in [1.82, 2.24) is 15.7 Å². The summed E-state index contributed by atoms with van der Waals surface area (Å²) in [4.78, 5) is 14.3. The Morgan fingerprint density at radius 2 is 1.88 bits per heavy atom. The number of hydrazine groups is 1. The van der Waals surface area contributed by atoms with Crippen LogP contribution in [-0.4, -0.2) is 57.1 Å². The minimum atomic E-state index is -4.67. The number of nitrogens with zero attached hydrogens (tertiary/aromatic N) is 2. The third-order valence-corrected chi connectivity index (χ3v) is 9.59. The fourth-order valence-corrected chi connectivity index (χ4v) is 7.64. The minimum Gasteiger partial charge on any atom is -0.476 e. The number of fused-ring (bicyclic) bond motifs is 1. The predicted octanol–water partition coefficient (Wildman–Crippen LogP) is -0.862. The number of sulfone groups is 1. The SMILES string of the molecule is N/N=C(\NN)c1c(-c2cccc3sc(C(=O)O)nc23)ccc(S(=O)(=O)C2CNC2)c1S(N)(=O)=O. The van der Waals surface area contributed by atoms with Gasteiger partial charge in [-0.3, -0.25) is 0 Å². The van der Waals surface area contributed by atoms with Crippen molar-refractivity contribution < 1.29 is 26.7 Å². The molecule has 3 aromatic rings. The molecule has 1 aromatic heterocycles. The van der Waals surface area contributed by atoms with E-state index in [0.29, 0.717) is 10.3 Å². The number of hydrogen-bond acceptors (Lipinski definition) is 11. The fraction of sp³-hybridized carbons (Fsp3) is 0.167. The molecule has 34 heavy (non-hydrogen) atoms. The van der Waals surface area contributed by atoms with Crippen molar-refractivity contribution >= 4 is 53.2 Å². The van der Waals surface area contributed by atoms with Gasteiger partial charge in [-0.1, -0.05) is 18.2 Å². The monoisotopic (exact) mass is 525 g/mol. The van der Waals surface area contributed by atoms with Gasteiger partial charge in [0.1, 0.15) is 4.90 Å². The third-order valence-electron chi connectivity index (χ3n) is 5.29. The molecule has 9 N–H and O–H groups in total. The quantitative estimate of drug-likeness (QED) is 0.100. The molecule has 0 amide bonds. The highest BCUT2D eigenvalue weighted by molar-refractivity contribution is 7.94. The number of benzene rings is 2. The average molecular weight is 526 g/mol. The van der Waals surface area contributed by atoms with E-state index in [9.17, 15) is 26.7 Å². The number of rotatable bonds is 6. The van der Waals surface area contributed by atoms with E-state index in [1.165, 1.54) is 6.07 Å². The van der Waals surface area contributed by atoms with Crippen LogP contribution in [0.5, 0.6) is 0 Å². The lowest BCUT2D eigenvalue weighted by Gasteiger charge is -2.28. The lowest BCUT2D eigenvalue weighted by molar-refractivity contribution is 0.0696. The van der Waals surface area contributed by atoms with Crippen LogP contribution in [0.2, 0.25) is 0 Å². The summed E-state index contributed by atoms with van der Waals surface area (Å²) >= 11 is 0.920. The standard InChI is InChI=1S/C18H19N7O6S3/c19-24-16(25-20)13-9(10-2-1-3-11-14(10)23-17(32-11)18(26)27)4-5-12(15(13)34(21,30)31)33(28,29)8-6-22-7-8/h1-5,8,22H,6-7,19-20H2,(H,24,25)(H,26,27)(H2,21,30,31). The van der Waals surface area contributed by atoms with E-state index in [2.05, 4.69) is 20.8 Å². The number of para-hydroxylation sites is 1. The number of aromatic carboxylic acids is 1. The second-order valence-corrected chi connectivity index (χ2v) is 12.0. The minimum absolute atomic E-state index is 0.129. The van der Waals surface area contributed by atoms with Gasteiger partial charge in [-0.15, -0.1) is 11.3 Å². The second-order valence-electron chi connectivity index (χ2n) is 7.28. The van der Waals surface area contributed by atoms with Crippen LogP contribution in [0.15, 0.2) is 45.2 Å². The molecule has 0 spiro atoms. The molecule has 0 saturated carbocycles. The van der Waals surface area contributed by atoms with E-state index in [1.54, 1.807) is 18.2 Å². The zero-order valence-electron chi connectivity index (χ0n) is 17.2. The normalized spacial score (nSPS) is 15.3. The number of thiazole rings is 1. The number of carbonyl (C=O) groups is 1. The molecule has 1 aliphatic rings. The largest absolute Gasteiger partial charge is 0.476 e. The number of amidine groups is 1. The maximum atomic E-state index is 13.2. The van der Waals surface area contributed by atoms with Gasteiger partial charge in [-0.2, -0.15) is 5.10 Å². The summed E-state index contributed by atoms with van der Waals surface area (Å²) in [7, 11) is -8.78. The molecule has 1 aliphatic heterocycles. The van der Waals surface area contributed by atoms with Crippen LogP contribution in [0.1, 0.15) is 15.4 Å². The maximum Gasteiger partial charge on any atom is 0.365 e. The van der Waals surface area contributed by atoms with Crippen molar-refractivity contribution in [2.75, 3.05) is 13.1 Å². The van der Waals surface area contributed by atoms with Crippen LogP contribution in [0.25, 0.3) is 21.3 Å². The molecule has 16 heteroatoms. The number of carboxylic acids is 1. The zero-order chi connectivity index (χ0) is 24.8. The van der Waals surface area contributed by atoms with Crippen molar-refractivity contribution in [2.24, 2.45) is 21.9 Å². The van der Waals surface area contributed by atoms with E-state index in [1.807, 2.05) is 0 Å². The van der Waals surface area contributed by atoms with E-state index in [4.69, 9.17) is 16.8 Å². The number of carboxylic acid groups (broad SMARTS) is 1. The molecule has 1 saturated heterocycles. The van der Waals surface area contributed by atoms with Gasteiger partial charge >= 0.3 is 5.97 Å².